The molecule has 0 aliphatic rings. The highest BCUT2D eigenvalue weighted by atomic mass is 16.6. The molecule has 2 aromatic heterocycles. The van der Waals surface area contributed by atoms with Gasteiger partial charge in [-0.25, -0.2) is 4.79 Å². The average molecular weight is 773 g/mol. The van der Waals surface area contributed by atoms with Gasteiger partial charge in [-0.05, 0) is 62.1 Å². The monoisotopic (exact) mass is 772 g/mol. The molecular formula is C47H52N2O8. The second kappa shape index (κ2) is 20.7. The minimum absolute atomic E-state index is 0.00989. The second-order valence-electron chi connectivity index (χ2n) is 13.9. The Morgan fingerprint density at radius 1 is 0.456 bits per heavy atom. The molecular weight excluding hydrogens is 721 g/mol. The molecule has 0 fully saturated rings. The second-order valence-corrected chi connectivity index (χ2v) is 13.9. The normalized spacial score (nSPS) is 11.6. The first-order chi connectivity index (χ1) is 28.2. The lowest BCUT2D eigenvalue weighted by Crippen LogP contribution is -2.14. The molecule has 0 saturated carbocycles. The van der Waals surface area contributed by atoms with E-state index in [1.54, 1.807) is 12.1 Å². The third-order valence-corrected chi connectivity index (χ3v) is 10.0. The third kappa shape index (κ3) is 10.3. The first kappa shape index (κ1) is 39.8. The van der Waals surface area contributed by atoms with Crippen LogP contribution in [0.4, 0.5) is 0 Å². The van der Waals surface area contributed by atoms with Crippen molar-refractivity contribution < 1.29 is 38.3 Å². The number of rotatable bonds is 24. The number of aromatic nitrogens is 2. The van der Waals surface area contributed by atoms with E-state index < -0.39 is 5.97 Å². The molecule has 1 N–H and O–H groups in total. The van der Waals surface area contributed by atoms with Gasteiger partial charge < -0.3 is 42.7 Å². The molecule has 10 nitrogen and oxygen atoms in total. The number of aliphatic hydroxyl groups excluding tert-OH is 1. The summed E-state index contributed by atoms with van der Waals surface area (Å²) >= 11 is 0. The van der Waals surface area contributed by atoms with Gasteiger partial charge in [-0.2, -0.15) is 0 Å². The summed E-state index contributed by atoms with van der Waals surface area (Å²) in [5.41, 5.74) is 5.32. The van der Waals surface area contributed by atoms with E-state index in [2.05, 4.69) is 106 Å². The van der Waals surface area contributed by atoms with E-state index in [4.69, 9.17) is 33.5 Å². The third-order valence-electron chi connectivity index (χ3n) is 10.0. The Morgan fingerprint density at radius 3 is 1.26 bits per heavy atom. The number of carbonyl (C=O) groups is 1. The summed E-state index contributed by atoms with van der Waals surface area (Å²) in [7, 11) is 0. The van der Waals surface area contributed by atoms with Gasteiger partial charge in [0.05, 0.1) is 65.0 Å². The summed E-state index contributed by atoms with van der Waals surface area (Å²) in [5.74, 6) is 0.667. The van der Waals surface area contributed by atoms with Crippen molar-refractivity contribution >= 4 is 49.6 Å². The smallest absolute Gasteiger partial charge is 0.338 e. The number of carbonyl (C=O) groups excluding carboxylic acids is 1. The predicted octanol–water partition coefficient (Wildman–Crippen LogP) is 8.82. The molecule has 0 aliphatic heterocycles. The van der Waals surface area contributed by atoms with Crippen molar-refractivity contribution in [3.63, 3.8) is 0 Å². The van der Waals surface area contributed by atoms with Crippen LogP contribution in [0.25, 0.3) is 43.6 Å². The molecule has 5 aromatic carbocycles. The highest BCUT2D eigenvalue weighted by Gasteiger charge is 2.14. The topological polar surface area (TPSA) is 103 Å². The number of esters is 1. The number of hydrogen-bond acceptors (Lipinski definition) is 8. The molecule has 0 bridgehead atoms. The molecule has 298 valence electrons. The summed E-state index contributed by atoms with van der Waals surface area (Å²) in [4.78, 5) is 13.2. The van der Waals surface area contributed by atoms with E-state index in [0.717, 1.165) is 38.8 Å². The van der Waals surface area contributed by atoms with Gasteiger partial charge in [0.1, 0.15) is 18.1 Å². The van der Waals surface area contributed by atoms with Crippen LogP contribution >= 0.6 is 0 Å². The standard InChI is InChI=1S/C47H52N2O8/c50-23-26-52-27-28-53-29-30-54-31-32-57-47(51)36-33-37(55-24-11-9-21-48-43-17-5-1-13-39(43)40-14-2-6-18-44(40)48)35-38(34-36)56-25-12-10-22-49-45-19-7-3-15-41(45)42-16-4-8-20-46(42)49/h1-8,13-20,33-35,50H,9-12,21-32H2. The zero-order valence-electron chi connectivity index (χ0n) is 32.5. The molecule has 0 unspecified atom stereocenters. The Balaban J connectivity index is 0.925. The highest BCUT2D eigenvalue weighted by molar-refractivity contribution is 6.08. The van der Waals surface area contributed by atoms with Crippen LogP contribution in [0.3, 0.4) is 0 Å². The number of hydrogen-bond donors (Lipinski definition) is 1. The zero-order valence-corrected chi connectivity index (χ0v) is 32.5. The van der Waals surface area contributed by atoms with Crippen molar-refractivity contribution in [2.75, 3.05) is 66.1 Å². The van der Waals surface area contributed by atoms with Gasteiger partial charge in [-0.3, -0.25) is 0 Å². The molecule has 57 heavy (non-hydrogen) atoms. The predicted molar refractivity (Wildman–Crippen MR) is 225 cm³/mol. The van der Waals surface area contributed by atoms with E-state index in [9.17, 15) is 4.79 Å². The van der Waals surface area contributed by atoms with Crippen molar-refractivity contribution in [3.05, 3.63) is 121 Å². The highest BCUT2D eigenvalue weighted by Crippen LogP contribution is 2.31. The van der Waals surface area contributed by atoms with Gasteiger partial charge in [0.25, 0.3) is 0 Å². The maximum atomic E-state index is 13.2. The van der Waals surface area contributed by atoms with Gasteiger partial charge in [0.2, 0.25) is 0 Å². The maximum Gasteiger partial charge on any atom is 0.338 e. The van der Waals surface area contributed by atoms with Crippen LogP contribution in [0.15, 0.2) is 115 Å². The van der Waals surface area contributed by atoms with Crippen molar-refractivity contribution in [1.82, 2.24) is 9.13 Å². The van der Waals surface area contributed by atoms with Crippen LogP contribution in [0.1, 0.15) is 36.0 Å². The number of ether oxygens (including phenoxy) is 6. The van der Waals surface area contributed by atoms with E-state index in [-0.39, 0.29) is 19.8 Å². The number of aryl methyl sites for hydroxylation is 2. The SMILES string of the molecule is O=C(OCCOCCOCCOCCO)c1cc(OCCCCn2c3ccccc3c3ccccc32)cc(OCCCCn2c3ccccc3c3ccccc32)c1. The van der Waals surface area contributed by atoms with Crippen LogP contribution in [-0.4, -0.2) is 86.3 Å². The van der Waals surface area contributed by atoms with Crippen molar-refractivity contribution in [2.24, 2.45) is 0 Å². The van der Waals surface area contributed by atoms with Crippen LogP contribution in [0.5, 0.6) is 11.5 Å². The number of fused-ring (bicyclic) bond motifs is 6. The minimum Gasteiger partial charge on any atom is -0.493 e. The van der Waals surface area contributed by atoms with E-state index in [0.29, 0.717) is 63.3 Å². The van der Waals surface area contributed by atoms with Crippen LogP contribution in [-0.2, 0) is 32.0 Å². The number of benzene rings is 5. The van der Waals surface area contributed by atoms with Gasteiger partial charge in [0.15, 0.2) is 0 Å². The van der Waals surface area contributed by atoms with Crippen molar-refractivity contribution in [2.45, 2.75) is 38.8 Å². The van der Waals surface area contributed by atoms with Crippen LogP contribution in [0.2, 0.25) is 0 Å². The van der Waals surface area contributed by atoms with Crippen molar-refractivity contribution in [3.8, 4) is 11.5 Å². The largest absolute Gasteiger partial charge is 0.493 e. The van der Waals surface area contributed by atoms with Gasteiger partial charge in [-0.15, -0.1) is 0 Å². The van der Waals surface area contributed by atoms with Crippen LogP contribution in [0, 0.1) is 0 Å². The lowest BCUT2D eigenvalue weighted by atomic mass is 10.2. The molecule has 0 spiro atoms. The molecule has 0 atom stereocenters. The summed E-state index contributed by atoms with van der Waals surface area (Å²) in [6, 6.07) is 39.5. The summed E-state index contributed by atoms with van der Waals surface area (Å²) in [5, 5.41) is 13.8. The Labute approximate surface area is 333 Å². The first-order valence-electron chi connectivity index (χ1n) is 20.0. The van der Waals surface area contributed by atoms with E-state index >= 15 is 0 Å². The molecule has 10 heteroatoms. The fourth-order valence-electron chi connectivity index (χ4n) is 7.35. The summed E-state index contributed by atoms with van der Waals surface area (Å²) in [6.07, 6.45) is 3.54. The Hall–Kier alpha value is -5.39. The van der Waals surface area contributed by atoms with E-state index in [1.165, 1.54) is 43.6 Å². The molecule has 7 aromatic rings. The fourth-order valence-corrected chi connectivity index (χ4v) is 7.35. The lowest BCUT2D eigenvalue weighted by molar-refractivity contribution is -0.00315. The van der Waals surface area contributed by atoms with Gasteiger partial charge in [-0.1, -0.05) is 72.8 Å². The number of aliphatic hydroxyl groups is 1. The lowest BCUT2D eigenvalue weighted by Gasteiger charge is -2.13. The average Bonchev–Trinajstić information content (AvgIpc) is 3.74. The summed E-state index contributed by atoms with van der Waals surface area (Å²) in [6.45, 7) is 4.97. The molecule has 0 amide bonds. The minimum atomic E-state index is -0.469. The Kier molecular flexibility index (Phi) is 14.5. The molecule has 2 heterocycles. The number of unbranched alkanes of at least 4 members (excludes halogenated alkanes) is 2. The Morgan fingerprint density at radius 2 is 0.842 bits per heavy atom. The van der Waals surface area contributed by atoms with E-state index in [1.807, 2.05) is 6.07 Å². The zero-order chi connectivity index (χ0) is 39.1. The van der Waals surface area contributed by atoms with Crippen LogP contribution < -0.4 is 9.47 Å². The summed E-state index contributed by atoms with van der Waals surface area (Å²) < 4.78 is 39.0. The van der Waals surface area contributed by atoms with Gasteiger partial charge >= 0.3 is 5.97 Å². The molecule has 7 rings (SSSR count). The molecule has 0 radical (unpaired) electrons. The fraction of sp³-hybridized carbons (Fsp3) is 0.340. The first-order valence-corrected chi connectivity index (χ1v) is 20.0. The number of nitrogens with zero attached hydrogens (tertiary/aromatic N) is 2. The molecule has 0 aliphatic carbocycles. The Bertz CT molecular complexity index is 2100. The maximum absolute atomic E-state index is 13.2. The number of para-hydroxylation sites is 4. The van der Waals surface area contributed by atoms with Gasteiger partial charge in [0, 0.05) is 62.8 Å². The quantitative estimate of drug-likeness (QED) is 0.0481. The van der Waals surface area contributed by atoms with Crippen molar-refractivity contribution in [1.29, 1.82) is 0 Å². The molecule has 0 saturated heterocycles.